The third-order valence-corrected chi connectivity index (χ3v) is 8.46. The fourth-order valence-corrected chi connectivity index (χ4v) is 7.65. The predicted molar refractivity (Wildman–Crippen MR) is 108 cm³/mol. The van der Waals surface area contributed by atoms with Crippen LogP contribution in [0.25, 0.3) is 0 Å². The molecule has 6 aliphatic rings. The second-order valence-electron chi connectivity index (χ2n) is 10.2. The van der Waals surface area contributed by atoms with E-state index < -0.39 is 0 Å². The molecule has 5 fully saturated rings. The van der Waals surface area contributed by atoms with Crippen LogP contribution < -0.4 is 4.74 Å². The molecule has 4 saturated carbocycles. The number of hydrogen-bond donors (Lipinski definition) is 0. The minimum Gasteiger partial charge on any atom is -0.493 e. The summed E-state index contributed by atoms with van der Waals surface area (Å²) in [4.78, 5) is 18.4. The van der Waals surface area contributed by atoms with E-state index in [2.05, 4.69) is 34.1 Å². The van der Waals surface area contributed by atoms with Crippen LogP contribution in [-0.2, 0) is 4.79 Å². The van der Waals surface area contributed by atoms with Gasteiger partial charge in [0.2, 0.25) is 5.91 Å². The van der Waals surface area contributed by atoms with Gasteiger partial charge in [-0.1, -0.05) is 18.2 Å². The molecule has 2 aliphatic heterocycles. The van der Waals surface area contributed by atoms with Crippen molar-refractivity contribution >= 4 is 5.91 Å². The highest BCUT2D eigenvalue weighted by atomic mass is 16.5. The van der Waals surface area contributed by atoms with Crippen LogP contribution in [0.2, 0.25) is 0 Å². The number of para-hydroxylation sites is 1. The predicted octanol–water partition coefficient (Wildman–Crippen LogP) is 3.87. The summed E-state index contributed by atoms with van der Waals surface area (Å²) in [5.41, 5.74) is 1.34. The standard InChI is InChI=1S/C24H32N2O2/c27-23(24-14-17-11-18(15-24)13-19(12-17)16-24)26-8-6-25(7-9-26)21-5-10-28-22-4-2-1-3-20(21)22/h1-4,17-19,21H,5-16H2. The number of amides is 1. The number of carbonyl (C=O) groups is 1. The number of rotatable bonds is 2. The van der Waals surface area contributed by atoms with Crippen LogP contribution in [0, 0.1) is 23.2 Å². The zero-order valence-corrected chi connectivity index (χ0v) is 16.8. The van der Waals surface area contributed by atoms with Crippen molar-refractivity contribution in [3.05, 3.63) is 29.8 Å². The SMILES string of the molecule is O=C(N1CCN(C2CCOc3ccccc32)CC1)C12CC3CC(CC(C3)C1)C2. The summed E-state index contributed by atoms with van der Waals surface area (Å²) < 4.78 is 5.85. The van der Waals surface area contributed by atoms with Crippen molar-refractivity contribution in [2.24, 2.45) is 23.2 Å². The molecule has 0 N–H and O–H groups in total. The van der Waals surface area contributed by atoms with E-state index in [0.717, 1.165) is 62.7 Å². The highest BCUT2D eigenvalue weighted by Gasteiger charge is 2.55. The molecule has 1 aromatic rings. The fourth-order valence-electron chi connectivity index (χ4n) is 7.65. The first-order chi connectivity index (χ1) is 13.7. The lowest BCUT2D eigenvalue weighted by Gasteiger charge is -2.57. The van der Waals surface area contributed by atoms with Gasteiger partial charge in [-0.3, -0.25) is 9.69 Å². The molecule has 0 aromatic heterocycles. The molecule has 0 radical (unpaired) electrons. The van der Waals surface area contributed by atoms with Crippen molar-refractivity contribution in [1.82, 2.24) is 9.80 Å². The second kappa shape index (κ2) is 6.48. The smallest absolute Gasteiger partial charge is 0.228 e. The molecule has 4 nitrogen and oxygen atoms in total. The molecule has 1 amide bonds. The maximum atomic E-state index is 13.6. The summed E-state index contributed by atoms with van der Waals surface area (Å²) in [6, 6.07) is 8.93. The molecule has 0 spiro atoms. The molecule has 1 unspecified atom stereocenters. The van der Waals surface area contributed by atoms with Gasteiger partial charge in [0, 0.05) is 44.2 Å². The van der Waals surface area contributed by atoms with Crippen LogP contribution >= 0.6 is 0 Å². The van der Waals surface area contributed by atoms with E-state index >= 15 is 0 Å². The number of fused-ring (bicyclic) bond motifs is 1. The number of carbonyl (C=O) groups excluding carboxylic acids is 1. The summed E-state index contributed by atoms with van der Waals surface area (Å²) in [5.74, 6) is 4.09. The minimum atomic E-state index is 0.0161. The van der Waals surface area contributed by atoms with Crippen LogP contribution in [0.5, 0.6) is 5.75 Å². The summed E-state index contributed by atoms with van der Waals surface area (Å²) in [6.45, 7) is 4.60. The number of hydrogen-bond acceptors (Lipinski definition) is 3. The number of benzene rings is 1. The van der Waals surface area contributed by atoms with E-state index in [1.165, 1.54) is 44.1 Å². The number of nitrogens with zero attached hydrogens (tertiary/aromatic N) is 2. The van der Waals surface area contributed by atoms with Crippen molar-refractivity contribution in [3.8, 4) is 5.75 Å². The van der Waals surface area contributed by atoms with Gasteiger partial charge in [-0.2, -0.15) is 0 Å². The number of ether oxygens (including phenoxy) is 1. The first-order valence-electron chi connectivity index (χ1n) is 11.5. The molecule has 1 saturated heterocycles. The molecule has 4 bridgehead atoms. The van der Waals surface area contributed by atoms with Gasteiger partial charge < -0.3 is 9.64 Å². The normalized spacial score (nSPS) is 39.5. The Morgan fingerprint density at radius 1 is 0.929 bits per heavy atom. The van der Waals surface area contributed by atoms with Gasteiger partial charge >= 0.3 is 0 Å². The van der Waals surface area contributed by atoms with E-state index in [1.807, 2.05) is 0 Å². The van der Waals surface area contributed by atoms with Gasteiger partial charge in [-0.15, -0.1) is 0 Å². The zero-order chi connectivity index (χ0) is 18.7. The average Bonchev–Trinajstić information content (AvgIpc) is 2.72. The summed E-state index contributed by atoms with van der Waals surface area (Å²) in [7, 11) is 0. The van der Waals surface area contributed by atoms with Crippen LogP contribution in [0.15, 0.2) is 24.3 Å². The lowest BCUT2D eigenvalue weighted by Crippen LogP contribution is -2.58. The zero-order valence-electron chi connectivity index (χ0n) is 16.8. The monoisotopic (exact) mass is 380 g/mol. The Morgan fingerprint density at radius 2 is 1.57 bits per heavy atom. The Kier molecular flexibility index (Phi) is 4.01. The van der Waals surface area contributed by atoms with Crippen LogP contribution in [-0.4, -0.2) is 48.5 Å². The third kappa shape index (κ3) is 2.71. The van der Waals surface area contributed by atoms with Gasteiger partial charge in [0.25, 0.3) is 0 Å². The summed E-state index contributed by atoms with van der Waals surface area (Å²) in [6.07, 6.45) is 8.83. The Bertz CT molecular complexity index is 732. The molecule has 28 heavy (non-hydrogen) atoms. The molecule has 1 aromatic carbocycles. The van der Waals surface area contributed by atoms with E-state index in [9.17, 15) is 4.79 Å². The largest absolute Gasteiger partial charge is 0.493 e. The average molecular weight is 381 g/mol. The van der Waals surface area contributed by atoms with E-state index in [-0.39, 0.29) is 5.41 Å². The van der Waals surface area contributed by atoms with Crippen molar-refractivity contribution < 1.29 is 9.53 Å². The highest BCUT2D eigenvalue weighted by Crippen LogP contribution is 2.60. The Hall–Kier alpha value is -1.55. The molecular weight excluding hydrogens is 348 g/mol. The van der Waals surface area contributed by atoms with Gasteiger partial charge in [0.05, 0.1) is 12.0 Å². The molecule has 150 valence electrons. The van der Waals surface area contributed by atoms with Crippen LogP contribution in [0.4, 0.5) is 0 Å². The topological polar surface area (TPSA) is 32.8 Å². The van der Waals surface area contributed by atoms with Crippen molar-refractivity contribution in [2.75, 3.05) is 32.8 Å². The number of piperazine rings is 1. The second-order valence-corrected chi connectivity index (χ2v) is 10.2. The maximum Gasteiger partial charge on any atom is 0.228 e. The van der Waals surface area contributed by atoms with Crippen LogP contribution in [0.1, 0.15) is 56.6 Å². The molecule has 2 heterocycles. The van der Waals surface area contributed by atoms with Gasteiger partial charge in [0.1, 0.15) is 5.75 Å². The minimum absolute atomic E-state index is 0.0161. The third-order valence-electron chi connectivity index (χ3n) is 8.46. The Morgan fingerprint density at radius 3 is 2.25 bits per heavy atom. The first kappa shape index (κ1) is 17.3. The molecule has 7 rings (SSSR count). The van der Waals surface area contributed by atoms with Crippen molar-refractivity contribution in [1.29, 1.82) is 0 Å². The van der Waals surface area contributed by atoms with Gasteiger partial charge in [-0.05, 0) is 62.3 Å². The quantitative estimate of drug-likeness (QED) is 0.781. The van der Waals surface area contributed by atoms with Crippen molar-refractivity contribution in [3.63, 3.8) is 0 Å². The highest BCUT2D eigenvalue weighted by molar-refractivity contribution is 5.83. The van der Waals surface area contributed by atoms with Crippen molar-refractivity contribution in [2.45, 2.75) is 51.0 Å². The maximum absolute atomic E-state index is 13.6. The summed E-state index contributed by atoms with van der Waals surface area (Å²) in [5, 5.41) is 0. The van der Waals surface area contributed by atoms with E-state index in [0.29, 0.717) is 11.9 Å². The lowest BCUT2D eigenvalue weighted by molar-refractivity contribution is -0.159. The van der Waals surface area contributed by atoms with E-state index in [1.54, 1.807) is 0 Å². The fraction of sp³-hybridized carbons (Fsp3) is 0.708. The molecule has 4 aliphatic carbocycles. The molecule has 1 atom stereocenters. The lowest BCUT2D eigenvalue weighted by atomic mass is 9.49. The van der Waals surface area contributed by atoms with E-state index in [4.69, 9.17) is 4.74 Å². The molecule has 4 heteroatoms. The van der Waals surface area contributed by atoms with Crippen LogP contribution in [0.3, 0.4) is 0 Å². The van der Waals surface area contributed by atoms with Gasteiger partial charge in [0.15, 0.2) is 0 Å². The molecular formula is C24H32N2O2. The van der Waals surface area contributed by atoms with Gasteiger partial charge in [-0.25, -0.2) is 0 Å². The Labute approximate surface area is 168 Å². The Balaban J connectivity index is 1.14. The summed E-state index contributed by atoms with van der Waals surface area (Å²) >= 11 is 0. The first-order valence-corrected chi connectivity index (χ1v) is 11.5.